The van der Waals surface area contributed by atoms with E-state index in [2.05, 4.69) is 10.4 Å². The van der Waals surface area contributed by atoms with Crippen LogP contribution in [0, 0.1) is 0 Å². The van der Waals surface area contributed by atoms with Gasteiger partial charge in [-0.05, 0) is 37.1 Å². The van der Waals surface area contributed by atoms with Gasteiger partial charge in [0.15, 0.2) is 0 Å². The van der Waals surface area contributed by atoms with Crippen molar-refractivity contribution >= 4 is 11.7 Å². The Morgan fingerprint density at radius 2 is 1.90 bits per heavy atom. The molecule has 0 bridgehead atoms. The summed E-state index contributed by atoms with van der Waals surface area (Å²) in [5.74, 6) is 0.692. The molecule has 1 fully saturated rings. The number of phenolic OH excluding ortho intramolecular Hbond substituents is 1. The Morgan fingerprint density at radius 3 is 2.60 bits per heavy atom. The van der Waals surface area contributed by atoms with Gasteiger partial charge < -0.3 is 10.4 Å². The average molecular weight is 271 g/mol. The topological polar surface area (TPSA) is 67.2 Å². The van der Waals surface area contributed by atoms with Crippen LogP contribution in [-0.4, -0.2) is 20.8 Å². The van der Waals surface area contributed by atoms with Gasteiger partial charge in [-0.3, -0.25) is 4.79 Å². The van der Waals surface area contributed by atoms with Crippen LogP contribution in [0.25, 0.3) is 0 Å². The van der Waals surface area contributed by atoms with Crippen LogP contribution in [0.15, 0.2) is 36.5 Å². The highest BCUT2D eigenvalue weighted by molar-refractivity contribution is 6.03. The van der Waals surface area contributed by atoms with Gasteiger partial charge in [-0.25, -0.2) is 4.68 Å². The monoisotopic (exact) mass is 271 g/mol. The van der Waals surface area contributed by atoms with Crippen molar-refractivity contribution in [3.63, 3.8) is 0 Å². The number of aromatic hydroxyl groups is 1. The molecule has 2 aromatic rings. The Bertz CT molecular complexity index is 598. The van der Waals surface area contributed by atoms with Crippen molar-refractivity contribution in [2.45, 2.75) is 31.7 Å². The first-order valence-electron chi connectivity index (χ1n) is 6.88. The molecule has 1 aromatic carbocycles. The van der Waals surface area contributed by atoms with E-state index in [-0.39, 0.29) is 11.7 Å². The molecule has 0 saturated heterocycles. The van der Waals surface area contributed by atoms with Gasteiger partial charge in [0.2, 0.25) is 0 Å². The third-order valence-electron chi connectivity index (χ3n) is 3.71. The van der Waals surface area contributed by atoms with Gasteiger partial charge in [0.25, 0.3) is 5.91 Å². The minimum Gasteiger partial charge on any atom is -0.508 e. The van der Waals surface area contributed by atoms with E-state index in [4.69, 9.17) is 0 Å². The summed E-state index contributed by atoms with van der Waals surface area (Å²) in [7, 11) is 0. The number of rotatable bonds is 3. The number of aromatic nitrogens is 2. The number of hydrogen-bond acceptors (Lipinski definition) is 3. The highest BCUT2D eigenvalue weighted by Gasteiger charge is 2.20. The maximum absolute atomic E-state index is 12.2. The molecule has 20 heavy (non-hydrogen) atoms. The van der Waals surface area contributed by atoms with Crippen molar-refractivity contribution in [1.82, 2.24) is 9.78 Å². The lowest BCUT2D eigenvalue weighted by Crippen LogP contribution is -2.17. The van der Waals surface area contributed by atoms with Gasteiger partial charge in [0, 0.05) is 11.6 Å². The minimum atomic E-state index is -0.190. The van der Waals surface area contributed by atoms with E-state index in [1.807, 2.05) is 10.7 Å². The fourth-order valence-electron chi connectivity index (χ4n) is 2.65. The molecule has 2 N–H and O–H groups in total. The number of anilines is 1. The molecule has 1 saturated carbocycles. The molecular weight excluding hydrogens is 254 g/mol. The van der Waals surface area contributed by atoms with Gasteiger partial charge in [-0.1, -0.05) is 12.8 Å². The van der Waals surface area contributed by atoms with E-state index in [1.54, 1.807) is 18.3 Å². The first-order valence-corrected chi connectivity index (χ1v) is 6.88. The standard InChI is InChI=1S/C15H17N3O2/c19-13-7-5-11(6-8-13)15(20)17-14-9-10-16-18(14)12-3-1-2-4-12/h5-10,12,19H,1-4H2,(H,17,20). The molecule has 5 nitrogen and oxygen atoms in total. The van der Waals surface area contributed by atoms with E-state index in [0.717, 1.165) is 18.7 Å². The summed E-state index contributed by atoms with van der Waals surface area (Å²) >= 11 is 0. The fourth-order valence-corrected chi connectivity index (χ4v) is 2.65. The number of nitrogens with zero attached hydrogens (tertiary/aromatic N) is 2. The molecule has 104 valence electrons. The van der Waals surface area contributed by atoms with Crippen molar-refractivity contribution in [1.29, 1.82) is 0 Å². The molecule has 1 aliphatic rings. The SMILES string of the molecule is O=C(Nc1ccnn1C1CCCC1)c1ccc(O)cc1. The molecule has 1 amide bonds. The number of hydrogen-bond donors (Lipinski definition) is 2. The van der Waals surface area contributed by atoms with Crippen molar-refractivity contribution < 1.29 is 9.90 Å². The summed E-state index contributed by atoms with van der Waals surface area (Å²) in [4.78, 5) is 12.2. The third-order valence-corrected chi connectivity index (χ3v) is 3.71. The molecule has 0 radical (unpaired) electrons. The van der Waals surface area contributed by atoms with Gasteiger partial charge in [-0.2, -0.15) is 5.10 Å². The number of benzene rings is 1. The second kappa shape index (κ2) is 5.36. The van der Waals surface area contributed by atoms with E-state index in [9.17, 15) is 9.90 Å². The highest BCUT2D eigenvalue weighted by Crippen LogP contribution is 2.31. The number of carbonyl (C=O) groups excluding carboxylic acids is 1. The lowest BCUT2D eigenvalue weighted by atomic mass is 10.2. The van der Waals surface area contributed by atoms with Crippen molar-refractivity contribution in [3.8, 4) is 5.75 Å². The van der Waals surface area contributed by atoms with Crippen LogP contribution < -0.4 is 5.32 Å². The van der Waals surface area contributed by atoms with Crippen molar-refractivity contribution in [2.75, 3.05) is 5.32 Å². The third kappa shape index (κ3) is 2.52. The lowest BCUT2D eigenvalue weighted by Gasteiger charge is -2.14. The molecule has 0 unspecified atom stereocenters. The molecular formula is C15H17N3O2. The summed E-state index contributed by atoms with van der Waals surface area (Å²) in [6.07, 6.45) is 6.38. The lowest BCUT2D eigenvalue weighted by molar-refractivity contribution is 0.102. The first kappa shape index (κ1) is 12.7. The quantitative estimate of drug-likeness (QED) is 0.901. The average Bonchev–Trinajstić information content (AvgIpc) is 3.09. The highest BCUT2D eigenvalue weighted by atomic mass is 16.3. The van der Waals surface area contributed by atoms with E-state index in [0.29, 0.717) is 11.6 Å². The van der Waals surface area contributed by atoms with Crippen LogP contribution in [0.4, 0.5) is 5.82 Å². The molecule has 3 rings (SSSR count). The van der Waals surface area contributed by atoms with E-state index >= 15 is 0 Å². The zero-order valence-corrected chi connectivity index (χ0v) is 11.1. The largest absolute Gasteiger partial charge is 0.508 e. The second-order valence-electron chi connectivity index (χ2n) is 5.10. The smallest absolute Gasteiger partial charge is 0.256 e. The predicted molar refractivity (Wildman–Crippen MR) is 75.8 cm³/mol. The molecule has 1 aliphatic carbocycles. The van der Waals surface area contributed by atoms with Crippen LogP contribution in [0.3, 0.4) is 0 Å². The molecule has 0 spiro atoms. The molecule has 0 aliphatic heterocycles. The van der Waals surface area contributed by atoms with Crippen LogP contribution in [0.5, 0.6) is 5.75 Å². The summed E-state index contributed by atoms with van der Waals surface area (Å²) in [5, 5.41) is 16.4. The van der Waals surface area contributed by atoms with Gasteiger partial charge in [0.05, 0.1) is 12.2 Å². The number of phenols is 1. The zero-order chi connectivity index (χ0) is 13.9. The number of carbonyl (C=O) groups is 1. The van der Waals surface area contributed by atoms with Crippen LogP contribution in [-0.2, 0) is 0 Å². The fraction of sp³-hybridized carbons (Fsp3) is 0.333. The Morgan fingerprint density at radius 1 is 1.20 bits per heavy atom. The number of nitrogens with one attached hydrogen (secondary N) is 1. The van der Waals surface area contributed by atoms with E-state index < -0.39 is 0 Å². The summed E-state index contributed by atoms with van der Waals surface area (Å²) in [6, 6.07) is 8.41. The van der Waals surface area contributed by atoms with Crippen molar-refractivity contribution in [2.24, 2.45) is 0 Å². The first-order chi connectivity index (χ1) is 9.74. The van der Waals surface area contributed by atoms with Crippen LogP contribution in [0.2, 0.25) is 0 Å². The molecule has 1 aromatic heterocycles. The summed E-state index contributed by atoms with van der Waals surface area (Å²) in [5.41, 5.74) is 0.516. The van der Waals surface area contributed by atoms with Crippen LogP contribution in [0.1, 0.15) is 42.1 Å². The molecule has 0 atom stereocenters. The van der Waals surface area contributed by atoms with Gasteiger partial charge in [0.1, 0.15) is 11.6 Å². The van der Waals surface area contributed by atoms with E-state index in [1.165, 1.54) is 25.0 Å². The minimum absolute atomic E-state index is 0.151. The number of amides is 1. The Kier molecular flexibility index (Phi) is 3.41. The molecule has 1 heterocycles. The Balaban J connectivity index is 1.76. The maximum Gasteiger partial charge on any atom is 0.256 e. The summed E-state index contributed by atoms with van der Waals surface area (Å²) in [6.45, 7) is 0. The van der Waals surface area contributed by atoms with Gasteiger partial charge >= 0.3 is 0 Å². The zero-order valence-electron chi connectivity index (χ0n) is 11.1. The normalized spacial score (nSPS) is 15.4. The molecule has 5 heteroatoms. The van der Waals surface area contributed by atoms with Crippen LogP contribution >= 0.6 is 0 Å². The van der Waals surface area contributed by atoms with Gasteiger partial charge in [-0.15, -0.1) is 0 Å². The summed E-state index contributed by atoms with van der Waals surface area (Å²) < 4.78 is 1.91. The Labute approximate surface area is 117 Å². The second-order valence-corrected chi connectivity index (χ2v) is 5.10. The predicted octanol–water partition coefficient (Wildman–Crippen LogP) is 2.96. The maximum atomic E-state index is 12.2. The Hall–Kier alpha value is -2.30. The van der Waals surface area contributed by atoms with Crippen molar-refractivity contribution in [3.05, 3.63) is 42.1 Å².